The molecule has 3 aromatic rings. The summed E-state index contributed by atoms with van der Waals surface area (Å²) in [6.45, 7) is 3.51. The number of pyridine rings is 1. The van der Waals surface area contributed by atoms with Crippen molar-refractivity contribution in [2.45, 2.75) is 57.8 Å². The highest BCUT2D eigenvalue weighted by Gasteiger charge is 2.30. The third-order valence-corrected chi connectivity index (χ3v) is 7.09. The number of aromatic nitrogens is 4. The van der Waals surface area contributed by atoms with Crippen molar-refractivity contribution >= 4 is 28.2 Å². The molecule has 0 aromatic carbocycles. The van der Waals surface area contributed by atoms with Crippen molar-refractivity contribution in [2.75, 3.05) is 18.4 Å². The largest absolute Gasteiger partial charge is 0.337 e. The van der Waals surface area contributed by atoms with Crippen molar-refractivity contribution in [3.05, 3.63) is 51.9 Å². The van der Waals surface area contributed by atoms with Crippen LogP contribution in [0.5, 0.6) is 0 Å². The number of rotatable bonds is 4. The van der Waals surface area contributed by atoms with Gasteiger partial charge in [0.1, 0.15) is 5.82 Å². The van der Waals surface area contributed by atoms with Crippen LogP contribution in [0.4, 0.5) is 10.9 Å². The van der Waals surface area contributed by atoms with E-state index in [2.05, 4.69) is 26.6 Å². The molecule has 1 fully saturated rings. The quantitative estimate of drug-likeness (QED) is 0.584. The SMILES string of the molecule is Cc1cnc(Nc2cccc(C3CCCN(C(=O)c4n[nH]c5c4CCCCC5)C3)n2)s1. The van der Waals surface area contributed by atoms with E-state index in [9.17, 15) is 4.79 Å². The molecule has 31 heavy (non-hydrogen) atoms. The molecule has 0 spiro atoms. The molecule has 7 nitrogen and oxygen atoms in total. The van der Waals surface area contributed by atoms with Gasteiger partial charge in [-0.3, -0.25) is 9.89 Å². The minimum atomic E-state index is 0.0663. The van der Waals surface area contributed by atoms with E-state index in [1.54, 1.807) is 11.3 Å². The second kappa shape index (κ2) is 8.78. The van der Waals surface area contributed by atoms with Crippen molar-refractivity contribution in [3.63, 3.8) is 0 Å². The zero-order valence-electron chi connectivity index (χ0n) is 17.9. The Kier molecular flexibility index (Phi) is 5.72. The number of fused-ring (bicyclic) bond motifs is 1. The zero-order chi connectivity index (χ0) is 21.2. The number of nitrogens with zero attached hydrogens (tertiary/aromatic N) is 4. The molecule has 3 aromatic heterocycles. The van der Waals surface area contributed by atoms with Crippen LogP contribution in [0.2, 0.25) is 0 Å². The van der Waals surface area contributed by atoms with Gasteiger partial charge in [-0.25, -0.2) is 9.97 Å². The minimum Gasteiger partial charge on any atom is -0.337 e. The van der Waals surface area contributed by atoms with Crippen LogP contribution in [0.1, 0.15) is 70.3 Å². The highest BCUT2D eigenvalue weighted by Crippen LogP contribution is 2.30. The molecular formula is C23H28N6OS. The maximum Gasteiger partial charge on any atom is 0.274 e. The number of aryl methyl sites for hydroxylation is 2. The number of anilines is 2. The number of hydrogen-bond donors (Lipinski definition) is 2. The van der Waals surface area contributed by atoms with Crippen LogP contribution >= 0.6 is 11.3 Å². The number of amides is 1. The van der Waals surface area contributed by atoms with Crippen LogP contribution in [-0.2, 0) is 12.8 Å². The Hall–Kier alpha value is -2.74. The Morgan fingerprint density at radius 1 is 1.23 bits per heavy atom. The van der Waals surface area contributed by atoms with Gasteiger partial charge < -0.3 is 10.2 Å². The number of H-pyrrole nitrogens is 1. The van der Waals surface area contributed by atoms with E-state index in [1.165, 1.54) is 12.8 Å². The van der Waals surface area contributed by atoms with E-state index in [0.717, 1.165) is 71.4 Å². The Balaban J connectivity index is 1.31. The molecule has 1 saturated heterocycles. The smallest absolute Gasteiger partial charge is 0.274 e. The number of thiazole rings is 1. The number of aromatic amines is 1. The van der Waals surface area contributed by atoms with Gasteiger partial charge in [0.25, 0.3) is 5.91 Å². The lowest BCUT2D eigenvalue weighted by Crippen LogP contribution is -2.39. The first kappa shape index (κ1) is 20.2. The van der Waals surface area contributed by atoms with E-state index in [-0.39, 0.29) is 11.8 Å². The molecular weight excluding hydrogens is 408 g/mol. The standard InChI is InChI=1S/C23H28N6OS/c1-15-13-24-23(31-15)26-20-11-5-10-18(25-20)16-7-6-12-29(14-16)22(30)21-17-8-3-2-4-9-19(17)27-28-21/h5,10-11,13,16H,2-4,6-9,12,14H2,1H3,(H,27,28)(H,24,25,26). The van der Waals surface area contributed by atoms with Gasteiger partial charge in [0.15, 0.2) is 10.8 Å². The van der Waals surface area contributed by atoms with Crippen LogP contribution in [0.25, 0.3) is 0 Å². The lowest BCUT2D eigenvalue weighted by Gasteiger charge is -2.32. The molecule has 2 N–H and O–H groups in total. The van der Waals surface area contributed by atoms with Gasteiger partial charge in [0, 0.05) is 47.0 Å². The Labute approximate surface area is 186 Å². The summed E-state index contributed by atoms with van der Waals surface area (Å²) >= 11 is 1.61. The summed E-state index contributed by atoms with van der Waals surface area (Å²) in [6, 6.07) is 6.06. The van der Waals surface area contributed by atoms with Gasteiger partial charge in [-0.2, -0.15) is 5.10 Å². The first-order valence-corrected chi connectivity index (χ1v) is 12.0. The normalized spacial score (nSPS) is 19.0. The van der Waals surface area contributed by atoms with Crippen LogP contribution in [0.15, 0.2) is 24.4 Å². The molecule has 2 aliphatic rings. The molecule has 0 saturated carbocycles. The zero-order valence-corrected chi connectivity index (χ0v) is 18.7. The van der Waals surface area contributed by atoms with Crippen molar-refractivity contribution in [1.29, 1.82) is 0 Å². The number of nitrogens with one attached hydrogen (secondary N) is 2. The lowest BCUT2D eigenvalue weighted by molar-refractivity contribution is 0.0698. The summed E-state index contributed by atoms with van der Waals surface area (Å²) in [4.78, 5) is 25.7. The van der Waals surface area contributed by atoms with Crippen LogP contribution < -0.4 is 5.32 Å². The van der Waals surface area contributed by atoms with Gasteiger partial charge >= 0.3 is 0 Å². The third-order valence-electron chi connectivity index (χ3n) is 6.26. The van der Waals surface area contributed by atoms with Crippen LogP contribution in [0, 0.1) is 6.92 Å². The van der Waals surface area contributed by atoms with Crippen molar-refractivity contribution in [1.82, 2.24) is 25.1 Å². The molecule has 1 atom stereocenters. The van der Waals surface area contributed by atoms with Crippen molar-refractivity contribution < 1.29 is 4.79 Å². The second-order valence-corrected chi connectivity index (χ2v) is 9.76. The fourth-order valence-corrected chi connectivity index (χ4v) is 5.33. The molecule has 0 radical (unpaired) electrons. The van der Waals surface area contributed by atoms with Gasteiger partial charge in [0.2, 0.25) is 0 Å². The third kappa shape index (κ3) is 4.35. The molecule has 1 amide bonds. The van der Waals surface area contributed by atoms with E-state index >= 15 is 0 Å². The predicted octanol–water partition coefficient (Wildman–Crippen LogP) is 4.60. The van der Waals surface area contributed by atoms with Crippen molar-refractivity contribution in [2.24, 2.45) is 0 Å². The number of likely N-dealkylation sites (tertiary alicyclic amines) is 1. The lowest BCUT2D eigenvalue weighted by atomic mass is 9.93. The van der Waals surface area contributed by atoms with Crippen molar-refractivity contribution in [3.8, 4) is 0 Å². The maximum absolute atomic E-state index is 13.3. The Morgan fingerprint density at radius 2 is 2.13 bits per heavy atom. The summed E-state index contributed by atoms with van der Waals surface area (Å²) < 4.78 is 0. The summed E-state index contributed by atoms with van der Waals surface area (Å²) in [7, 11) is 0. The first-order chi connectivity index (χ1) is 15.2. The average molecular weight is 437 g/mol. The fraction of sp³-hybridized carbons (Fsp3) is 0.478. The molecule has 1 aliphatic heterocycles. The molecule has 0 bridgehead atoms. The molecule has 5 rings (SSSR count). The molecule has 4 heterocycles. The monoisotopic (exact) mass is 436 g/mol. The van der Waals surface area contributed by atoms with E-state index in [1.807, 2.05) is 30.2 Å². The fourth-order valence-electron chi connectivity index (χ4n) is 4.66. The van der Waals surface area contributed by atoms with E-state index in [4.69, 9.17) is 4.98 Å². The number of carbonyl (C=O) groups excluding carboxylic acids is 1. The maximum atomic E-state index is 13.3. The van der Waals surface area contributed by atoms with Gasteiger partial charge in [-0.05, 0) is 57.6 Å². The summed E-state index contributed by atoms with van der Waals surface area (Å²) in [5.74, 6) is 1.10. The number of hydrogen-bond acceptors (Lipinski definition) is 6. The number of piperidine rings is 1. The summed E-state index contributed by atoms with van der Waals surface area (Å²) in [6.07, 6.45) is 9.36. The summed E-state index contributed by atoms with van der Waals surface area (Å²) in [5, 5.41) is 11.7. The second-order valence-electron chi connectivity index (χ2n) is 8.53. The molecule has 8 heteroatoms. The Bertz CT molecular complexity index is 1070. The van der Waals surface area contributed by atoms with Gasteiger partial charge in [0.05, 0.1) is 0 Å². The van der Waals surface area contributed by atoms with Gasteiger partial charge in [-0.15, -0.1) is 11.3 Å². The van der Waals surface area contributed by atoms with E-state index in [0.29, 0.717) is 12.2 Å². The molecule has 1 unspecified atom stereocenters. The molecule has 1 aliphatic carbocycles. The summed E-state index contributed by atoms with van der Waals surface area (Å²) in [5.41, 5.74) is 3.97. The Morgan fingerprint density at radius 3 is 3.00 bits per heavy atom. The van der Waals surface area contributed by atoms with E-state index < -0.39 is 0 Å². The number of carbonyl (C=O) groups is 1. The average Bonchev–Trinajstić information content (AvgIpc) is 3.31. The highest BCUT2D eigenvalue weighted by atomic mass is 32.1. The van der Waals surface area contributed by atoms with Gasteiger partial charge in [-0.1, -0.05) is 12.5 Å². The topological polar surface area (TPSA) is 86.8 Å². The first-order valence-electron chi connectivity index (χ1n) is 11.2. The van der Waals surface area contributed by atoms with Crippen LogP contribution in [-0.4, -0.2) is 44.1 Å². The predicted molar refractivity (Wildman–Crippen MR) is 122 cm³/mol. The molecule has 162 valence electrons. The van der Waals surface area contributed by atoms with Crippen LogP contribution in [0.3, 0.4) is 0 Å². The highest BCUT2D eigenvalue weighted by molar-refractivity contribution is 7.15. The minimum absolute atomic E-state index is 0.0663.